The lowest BCUT2D eigenvalue weighted by Gasteiger charge is -2.18. The molecule has 98 valence electrons. The SMILES string of the molecule is CCCNC(c1cccs1)c1c(C)oc(C)c1C. The van der Waals surface area contributed by atoms with Crippen LogP contribution in [0.4, 0.5) is 0 Å². The van der Waals surface area contributed by atoms with Gasteiger partial charge in [0.1, 0.15) is 11.5 Å². The Morgan fingerprint density at radius 1 is 1.28 bits per heavy atom. The number of aryl methyl sites for hydroxylation is 2. The Bertz CT molecular complexity index is 499. The van der Waals surface area contributed by atoms with Gasteiger partial charge in [-0.3, -0.25) is 0 Å². The Kier molecular flexibility index (Phi) is 4.25. The van der Waals surface area contributed by atoms with Crippen LogP contribution in [0.5, 0.6) is 0 Å². The molecule has 18 heavy (non-hydrogen) atoms. The van der Waals surface area contributed by atoms with Crippen LogP contribution in [-0.4, -0.2) is 6.54 Å². The van der Waals surface area contributed by atoms with Crippen molar-refractivity contribution in [2.45, 2.75) is 40.2 Å². The minimum atomic E-state index is 0.266. The summed E-state index contributed by atoms with van der Waals surface area (Å²) >= 11 is 1.80. The number of hydrogen-bond donors (Lipinski definition) is 1. The zero-order valence-electron chi connectivity index (χ0n) is 11.5. The molecule has 0 saturated carbocycles. The maximum absolute atomic E-state index is 5.77. The summed E-state index contributed by atoms with van der Waals surface area (Å²) in [6.45, 7) is 9.46. The summed E-state index contributed by atoms with van der Waals surface area (Å²) in [7, 11) is 0. The molecule has 2 aromatic rings. The highest BCUT2D eigenvalue weighted by Crippen LogP contribution is 2.33. The van der Waals surface area contributed by atoms with Crippen LogP contribution in [0.2, 0.25) is 0 Å². The first-order valence-corrected chi connectivity index (χ1v) is 7.36. The van der Waals surface area contributed by atoms with Crippen molar-refractivity contribution >= 4 is 11.3 Å². The molecule has 1 N–H and O–H groups in total. The van der Waals surface area contributed by atoms with Crippen LogP contribution in [0.25, 0.3) is 0 Å². The van der Waals surface area contributed by atoms with Gasteiger partial charge in [-0.05, 0) is 50.7 Å². The van der Waals surface area contributed by atoms with E-state index < -0.39 is 0 Å². The van der Waals surface area contributed by atoms with Gasteiger partial charge in [-0.2, -0.15) is 0 Å². The monoisotopic (exact) mass is 263 g/mol. The number of thiophene rings is 1. The summed E-state index contributed by atoms with van der Waals surface area (Å²) < 4.78 is 5.77. The maximum atomic E-state index is 5.77. The first-order valence-electron chi connectivity index (χ1n) is 6.48. The van der Waals surface area contributed by atoms with Crippen molar-refractivity contribution in [2.24, 2.45) is 0 Å². The van der Waals surface area contributed by atoms with Crippen molar-refractivity contribution in [3.63, 3.8) is 0 Å². The standard InChI is InChI=1S/C15H21NOS/c1-5-8-16-15(13-7-6-9-18-13)14-10(2)11(3)17-12(14)4/h6-7,9,15-16H,5,8H2,1-4H3. The van der Waals surface area contributed by atoms with Crippen molar-refractivity contribution in [3.05, 3.63) is 45.0 Å². The fourth-order valence-electron chi connectivity index (χ4n) is 2.32. The Morgan fingerprint density at radius 2 is 2.06 bits per heavy atom. The molecular weight excluding hydrogens is 242 g/mol. The number of nitrogens with one attached hydrogen (secondary N) is 1. The van der Waals surface area contributed by atoms with Gasteiger partial charge in [0.05, 0.1) is 6.04 Å². The van der Waals surface area contributed by atoms with E-state index in [9.17, 15) is 0 Å². The zero-order chi connectivity index (χ0) is 13.1. The number of rotatable bonds is 5. The molecule has 0 spiro atoms. The Hall–Kier alpha value is -1.06. The maximum Gasteiger partial charge on any atom is 0.106 e. The highest BCUT2D eigenvalue weighted by molar-refractivity contribution is 7.10. The predicted octanol–water partition coefficient (Wildman–Crippen LogP) is 4.36. The Balaban J connectivity index is 2.40. The lowest BCUT2D eigenvalue weighted by molar-refractivity contribution is 0.493. The van der Waals surface area contributed by atoms with Crippen LogP contribution in [0.1, 0.15) is 46.9 Å². The normalized spacial score (nSPS) is 12.9. The summed E-state index contributed by atoms with van der Waals surface area (Å²) in [6, 6.07) is 4.57. The van der Waals surface area contributed by atoms with Crippen LogP contribution in [0, 0.1) is 20.8 Å². The van der Waals surface area contributed by atoms with Gasteiger partial charge >= 0.3 is 0 Å². The molecule has 2 aromatic heterocycles. The molecule has 0 fully saturated rings. The van der Waals surface area contributed by atoms with Gasteiger partial charge in [0, 0.05) is 10.4 Å². The second-order valence-corrected chi connectivity index (χ2v) is 5.63. The van der Waals surface area contributed by atoms with Crippen LogP contribution in [-0.2, 0) is 0 Å². The molecule has 0 aliphatic carbocycles. The van der Waals surface area contributed by atoms with Crippen molar-refractivity contribution in [1.29, 1.82) is 0 Å². The van der Waals surface area contributed by atoms with Gasteiger partial charge in [-0.25, -0.2) is 0 Å². The fourth-order valence-corrected chi connectivity index (χ4v) is 3.13. The Morgan fingerprint density at radius 3 is 2.56 bits per heavy atom. The van der Waals surface area contributed by atoms with E-state index in [4.69, 9.17) is 4.42 Å². The molecule has 0 aromatic carbocycles. The smallest absolute Gasteiger partial charge is 0.106 e. The second-order valence-electron chi connectivity index (χ2n) is 4.66. The summed E-state index contributed by atoms with van der Waals surface area (Å²) in [5.74, 6) is 2.06. The topological polar surface area (TPSA) is 25.2 Å². The van der Waals surface area contributed by atoms with Crippen LogP contribution in [0.15, 0.2) is 21.9 Å². The van der Waals surface area contributed by atoms with E-state index in [0.717, 1.165) is 24.5 Å². The number of hydrogen-bond acceptors (Lipinski definition) is 3. The van der Waals surface area contributed by atoms with E-state index in [1.165, 1.54) is 16.0 Å². The van der Waals surface area contributed by atoms with Gasteiger partial charge in [0.2, 0.25) is 0 Å². The molecule has 1 unspecified atom stereocenters. The van der Waals surface area contributed by atoms with Crippen molar-refractivity contribution < 1.29 is 4.42 Å². The third-order valence-electron chi connectivity index (χ3n) is 3.33. The molecule has 2 nitrogen and oxygen atoms in total. The third kappa shape index (κ3) is 2.52. The van der Waals surface area contributed by atoms with E-state index >= 15 is 0 Å². The van der Waals surface area contributed by atoms with Gasteiger partial charge in [-0.1, -0.05) is 13.0 Å². The largest absolute Gasteiger partial charge is 0.466 e. The summed E-state index contributed by atoms with van der Waals surface area (Å²) in [4.78, 5) is 1.36. The van der Waals surface area contributed by atoms with Gasteiger partial charge in [-0.15, -0.1) is 11.3 Å². The minimum absolute atomic E-state index is 0.266. The molecular formula is C15H21NOS. The van der Waals surface area contributed by atoms with Gasteiger partial charge in [0.25, 0.3) is 0 Å². The van der Waals surface area contributed by atoms with Crippen LogP contribution < -0.4 is 5.32 Å². The van der Waals surface area contributed by atoms with Gasteiger partial charge < -0.3 is 9.73 Å². The molecule has 3 heteroatoms. The second kappa shape index (κ2) is 5.72. The molecule has 0 aliphatic heterocycles. The first-order chi connectivity index (χ1) is 8.65. The third-order valence-corrected chi connectivity index (χ3v) is 4.27. The molecule has 0 saturated heterocycles. The highest BCUT2D eigenvalue weighted by atomic mass is 32.1. The fraction of sp³-hybridized carbons (Fsp3) is 0.467. The van der Waals surface area contributed by atoms with Crippen LogP contribution >= 0.6 is 11.3 Å². The predicted molar refractivity (Wildman–Crippen MR) is 77.4 cm³/mol. The molecule has 2 heterocycles. The molecule has 0 amide bonds. The van der Waals surface area contributed by atoms with Gasteiger partial charge in [0.15, 0.2) is 0 Å². The lowest BCUT2D eigenvalue weighted by atomic mass is 10.0. The summed E-state index contributed by atoms with van der Waals surface area (Å²) in [5.41, 5.74) is 2.58. The molecule has 0 bridgehead atoms. The Labute approximate surface area is 113 Å². The van der Waals surface area contributed by atoms with Crippen LogP contribution in [0.3, 0.4) is 0 Å². The zero-order valence-corrected chi connectivity index (χ0v) is 12.4. The van der Waals surface area contributed by atoms with Crippen molar-refractivity contribution in [1.82, 2.24) is 5.32 Å². The molecule has 0 aliphatic rings. The molecule has 1 atom stereocenters. The average Bonchev–Trinajstić information content (AvgIpc) is 2.93. The minimum Gasteiger partial charge on any atom is -0.466 e. The quantitative estimate of drug-likeness (QED) is 0.867. The van der Waals surface area contributed by atoms with Crippen molar-refractivity contribution in [3.8, 4) is 0 Å². The molecule has 2 rings (SSSR count). The molecule has 0 radical (unpaired) electrons. The first kappa shape index (κ1) is 13.4. The highest BCUT2D eigenvalue weighted by Gasteiger charge is 2.22. The number of furan rings is 1. The summed E-state index contributed by atoms with van der Waals surface area (Å²) in [5, 5.41) is 5.77. The van der Waals surface area contributed by atoms with E-state index in [1.807, 2.05) is 6.92 Å². The van der Waals surface area contributed by atoms with Crippen molar-refractivity contribution in [2.75, 3.05) is 6.54 Å². The van der Waals surface area contributed by atoms with E-state index in [2.05, 4.69) is 43.6 Å². The lowest BCUT2D eigenvalue weighted by Crippen LogP contribution is -2.23. The average molecular weight is 263 g/mol. The van der Waals surface area contributed by atoms with E-state index in [0.29, 0.717) is 0 Å². The van der Waals surface area contributed by atoms with E-state index in [1.54, 1.807) is 11.3 Å². The summed E-state index contributed by atoms with van der Waals surface area (Å²) in [6.07, 6.45) is 1.14. The van der Waals surface area contributed by atoms with E-state index in [-0.39, 0.29) is 6.04 Å².